The molecule has 2 amide bonds. The zero-order valence-electron chi connectivity index (χ0n) is 15.6. The van der Waals surface area contributed by atoms with Gasteiger partial charge in [-0.15, -0.1) is 0 Å². The average Bonchev–Trinajstić information content (AvgIpc) is 2.71. The van der Waals surface area contributed by atoms with Crippen LogP contribution in [0.25, 0.3) is 0 Å². The van der Waals surface area contributed by atoms with Crippen molar-refractivity contribution in [3.63, 3.8) is 0 Å². The Bertz CT molecular complexity index is 958. The van der Waals surface area contributed by atoms with Crippen molar-refractivity contribution >= 4 is 46.6 Å². The average molecular weight is 433 g/mol. The van der Waals surface area contributed by atoms with Crippen LogP contribution in [-0.4, -0.2) is 24.8 Å². The van der Waals surface area contributed by atoms with Crippen LogP contribution < -0.4 is 10.7 Å². The molecule has 2 aromatic carbocycles. The third kappa shape index (κ3) is 5.95. The van der Waals surface area contributed by atoms with Crippen LogP contribution in [0, 0.1) is 17.2 Å². The van der Waals surface area contributed by atoms with Crippen molar-refractivity contribution in [1.29, 1.82) is 5.26 Å². The molecule has 0 aliphatic heterocycles. The zero-order chi connectivity index (χ0) is 21.4. The molecule has 7 nitrogen and oxygen atoms in total. The lowest BCUT2D eigenvalue weighted by Crippen LogP contribution is -2.32. The molecule has 0 spiro atoms. The molecule has 2 unspecified atom stereocenters. The van der Waals surface area contributed by atoms with E-state index in [0.717, 1.165) is 0 Å². The number of rotatable bonds is 6. The van der Waals surface area contributed by atoms with Gasteiger partial charge in [0.1, 0.15) is 5.92 Å². The largest absolute Gasteiger partial charge is 0.468 e. The summed E-state index contributed by atoms with van der Waals surface area (Å²) in [5.74, 6) is -2.76. The fraction of sp³-hybridized carbons (Fsp3) is 0.200. The number of nitrogens with one attached hydrogen (secondary N) is 2. The highest BCUT2D eigenvalue weighted by Gasteiger charge is 2.34. The van der Waals surface area contributed by atoms with Gasteiger partial charge in [0.2, 0.25) is 0 Å². The molecular formula is C20H18Cl2N4O3. The Hall–Kier alpha value is -3.08. The number of carbonyl (C=O) groups is 2. The normalized spacial score (nSPS) is 13.0. The topological polar surface area (TPSA) is 104 Å². The predicted molar refractivity (Wildman–Crippen MR) is 112 cm³/mol. The number of benzene rings is 2. The van der Waals surface area contributed by atoms with Crippen LogP contribution in [0.1, 0.15) is 18.4 Å². The van der Waals surface area contributed by atoms with E-state index in [1.54, 1.807) is 36.4 Å². The maximum atomic E-state index is 12.4. The monoisotopic (exact) mass is 432 g/mol. The molecule has 29 heavy (non-hydrogen) atoms. The number of anilines is 1. The predicted octanol–water partition coefficient (Wildman–Crippen LogP) is 4.59. The van der Waals surface area contributed by atoms with E-state index in [1.807, 2.05) is 6.07 Å². The maximum absolute atomic E-state index is 12.4. The van der Waals surface area contributed by atoms with Crippen LogP contribution in [0.4, 0.5) is 10.5 Å². The number of nitrogens with zero attached hydrogens (tertiary/aromatic N) is 2. The molecule has 0 bridgehead atoms. The lowest BCUT2D eigenvalue weighted by atomic mass is 9.84. The van der Waals surface area contributed by atoms with Crippen molar-refractivity contribution < 1.29 is 14.3 Å². The Balaban J connectivity index is 2.25. The molecule has 9 heteroatoms. The van der Waals surface area contributed by atoms with Crippen LogP contribution >= 0.6 is 23.2 Å². The Labute approximate surface area is 178 Å². The van der Waals surface area contributed by atoms with Gasteiger partial charge in [0.15, 0.2) is 0 Å². The van der Waals surface area contributed by atoms with Crippen LogP contribution in [-0.2, 0) is 9.53 Å². The van der Waals surface area contributed by atoms with E-state index in [-0.39, 0.29) is 10.7 Å². The number of hydrogen-bond donors (Lipinski definition) is 2. The molecule has 0 radical (unpaired) electrons. The minimum atomic E-state index is -1.08. The summed E-state index contributed by atoms with van der Waals surface area (Å²) in [7, 11) is 1.20. The minimum absolute atomic E-state index is 0.178. The lowest BCUT2D eigenvalue weighted by molar-refractivity contribution is -0.143. The second kappa shape index (κ2) is 10.5. The molecule has 150 valence electrons. The summed E-state index contributed by atoms with van der Waals surface area (Å²) in [6, 6.07) is 14.9. The van der Waals surface area contributed by atoms with Gasteiger partial charge < -0.3 is 10.1 Å². The SMILES string of the molecule is COC(=O)C(/C(C)=N/NC(=O)Nc1ccccc1)C(C#N)c1ccc(Cl)cc1Cl. The van der Waals surface area contributed by atoms with Gasteiger partial charge in [-0.25, -0.2) is 10.2 Å². The number of hydrazone groups is 1. The fourth-order valence-electron chi connectivity index (χ4n) is 2.64. The molecule has 0 saturated heterocycles. The van der Waals surface area contributed by atoms with Crippen LogP contribution in [0.3, 0.4) is 0 Å². The standard InChI is InChI=1S/C20H18Cl2N4O3/c1-12(25-26-20(28)24-14-6-4-3-5-7-14)18(19(27)29-2)16(11-23)15-9-8-13(21)10-17(15)22/h3-10,16,18H,1-2H3,(H2,24,26,28)/b25-12+. The van der Waals surface area contributed by atoms with E-state index in [2.05, 4.69) is 21.9 Å². The van der Waals surface area contributed by atoms with Crippen molar-refractivity contribution in [2.24, 2.45) is 11.0 Å². The Morgan fingerprint density at radius 3 is 2.45 bits per heavy atom. The number of nitriles is 1. The third-order valence-corrected chi connectivity index (χ3v) is 4.60. The quantitative estimate of drug-likeness (QED) is 0.395. The van der Waals surface area contributed by atoms with Crippen LogP contribution in [0.15, 0.2) is 53.6 Å². The number of para-hydroxylation sites is 1. The van der Waals surface area contributed by atoms with Gasteiger partial charge in [-0.2, -0.15) is 10.4 Å². The first-order chi connectivity index (χ1) is 13.9. The first-order valence-corrected chi connectivity index (χ1v) is 9.21. The third-order valence-electron chi connectivity index (χ3n) is 4.04. The molecule has 0 saturated carbocycles. The van der Waals surface area contributed by atoms with Gasteiger partial charge in [0, 0.05) is 15.7 Å². The molecular weight excluding hydrogens is 415 g/mol. The van der Waals surface area contributed by atoms with Crippen molar-refractivity contribution in [3.8, 4) is 6.07 Å². The highest BCUT2D eigenvalue weighted by atomic mass is 35.5. The highest BCUT2D eigenvalue weighted by Crippen LogP contribution is 2.33. The van der Waals surface area contributed by atoms with Crippen molar-refractivity contribution in [2.75, 3.05) is 12.4 Å². The summed E-state index contributed by atoms with van der Waals surface area (Å²) in [6.07, 6.45) is 0. The van der Waals surface area contributed by atoms with Gasteiger partial charge in [-0.1, -0.05) is 47.5 Å². The number of amides is 2. The van der Waals surface area contributed by atoms with Gasteiger partial charge >= 0.3 is 12.0 Å². The van der Waals surface area contributed by atoms with E-state index < -0.39 is 23.8 Å². The molecule has 0 aromatic heterocycles. The summed E-state index contributed by atoms with van der Waals surface area (Å²) < 4.78 is 4.84. The van der Waals surface area contributed by atoms with E-state index in [0.29, 0.717) is 16.3 Å². The highest BCUT2D eigenvalue weighted by molar-refractivity contribution is 6.35. The van der Waals surface area contributed by atoms with E-state index in [4.69, 9.17) is 27.9 Å². The van der Waals surface area contributed by atoms with Gasteiger partial charge in [-0.3, -0.25) is 4.79 Å². The van der Waals surface area contributed by atoms with Crippen LogP contribution in [0.2, 0.25) is 10.0 Å². The molecule has 0 fully saturated rings. The fourth-order valence-corrected chi connectivity index (χ4v) is 3.17. The summed E-state index contributed by atoms with van der Waals surface area (Å²) in [4.78, 5) is 24.4. The number of esters is 1. The Morgan fingerprint density at radius 1 is 1.17 bits per heavy atom. The summed E-state index contributed by atoms with van der Waals surface area (Å²) in [5, 5.41) is 16.9. The first kappa shape index (κ1) is 22.2. The summed E-state index contributed by atoms with van der Waals surface area (Å²) in [5.41, 5.74) is 3.46. The molecule has 0 aliphatic carbocycles. The summed E-state index contributed by atoms with van der Waals surface area (Å²) in [6.45, 7) is 1.51. The number of halogens is 2. The zero-order valence-corrected chi connectivity index (χ0v) is 17.2. The first-order valence-electron chi connectivity index (χ1n) is 8.46. The van der Waals surface area contributed by atoms with E-state index in [1.165, 1.54) is 20.1 Å². The van der Waals surface area contributed by atoms with Crippen LogP contribution in [0.5, 0.6) is 0 Å². The van der Waals surface area contributed by atoms with E-state index in [9.17, 15) is 14.9 Å². The van der Waals surface area contributed by atoms with Crippen molar-refractivity contribution in [1.82, 2.24) is 5.43 Å². The van der Waals surface area contributed by atoms with Gasteiger partial charge in [-0.05, 0) is 36.8 Å². The Morgan fingerprint density at radius 2 is 1.86 bits per heavy atom. The van der Waals surface area contributed by atoms with Gasteiger partial charge in [0.25, 0.3) is 0 Å². The lowest BCUT2D eigenvalue weighted by Gasteiger charge is -2.21. The van der Waals surface area contributed by atoms with Gasteiger partial charge in [0.05, 0.1) is 24.8 Å². The number of ether oxygens (including phenoxy) is 1. The number of hydrogen-bond acceptors (Lipinski definition) is 5. The molecule has 0 aliphatic rings. The molecule has 2 rings (SSSR count). The smallest absolute Gasteiger partial charge is 0.339 e. The number of methoxy groups -OCH3 is 1. The molecule has 2 N–H and O–H groups in total. The number of urea groups is 1. The van der Waals surface area contributed by atoms with Crippen molar-refractivity contribution in [3.05, 3.63) is 64.1 Å². The minimum Gasteiger partial charge on any atom is -0.468 e. The molecule has 0 heterocycles. The summed E-state index contributed by atoms with van der Waals surface area (Å²) >= 11 is 12.1. The second-order valence-electron chi connectivity index (χ2n) is 5.96. The molecule has 2 aromatic rings. The second-order valence-corrected chi connectivity index (χ2v) is 6.80. The maximum Gasteiger partial charge on any atom is 0.339 e. The van der Waals surface area contributed by atoms with E-state index >= 15 is 0 Å². The molecule has 2 atom stereocenters. The number of carbonyl (C=O) groups excluding carboxylic acids is 2. The Kier molecular flexibility index (Phi) is 8.01. The van der Waals surface area contributed by atoms with Crippen molar-refractivity contribution in [2.45, 2.75) is 12.8 Å².